The molecule has 0 bridgehead atoms. The molecule has 1 heterocycles. The maximum absolute atomic E-state index is 5.40. The lowest BCUT2D eigenvalue weighted by Gasteiger charge is -2.26. The molecular weight excluding hydrogens is 118 g/mol. The normalized spacial score (nSPS) is 29.0. The van der Waals surface area contributed by atoms with Crippen molar-refractivity contribution in [2.45, 2.75) is 12.2 Å². The van der Waals surface area contributed by atoms with Gasteiger partial charge in [-0.05, 0) is 0 Å². The molecule has 4 heteroatoms. The number of rotatable bonds is 1. The van der Waals surface area contributed by atoms with Crippen molar-refractivity contribution in [3.63, 3.8) is 0 Å². The van der Waals surface area contributed by atoms with E-state index in [9.17, 15) is 0 Å². The first-order chi connectivity index (χ1) is 4.30. The van der Waals surface area contributed by atoms with Crippen molar-refractivity contribution in [2.24, 2.45) is 11.5 Å². The monoisotopic (exact) mass is 131 g/mol. The van der Waals surface area contributed by atoms with Crippen molar-refractivity contribution in [3.8, 4) is 0 Å². The molecule has 1 rings (SSSR count). The van der Waals surface area contributed by atoms with Gasteiger partial charge in [0.2, 0.25) is 0 Å². The molecule has 0 spiro atoms. The van der Waals surface area contributed by atoms with E-state index in [4.69, 9.17) is 16.2 Å². The molecule has 0 aliphatic carbocycles. The van der Waals surface area contributed by atoms with Crippen LogP contribution in [0.3, 0.4) is 0 Å². The molecule has 9 heavy (non-hydrogen) atoms. The van der Waals surface area contributed by atoms with E-state index in [1.807, 2.05) is 0 Å². The molecule has 0 aromatic rings. The Hall–Kier alpha value is -0.160. The fourth-order valence-corrected chi connectivity index (χ4v) is 0.833. The molecule has 4 nitrogen and oxygen atoms in total. The Labute approximate surface area is 54.5 Å². The Morgan fingerprint density at radius 1 is 1.56 bits per heavy atom. The third-order valence-electron chi connectivity index (χ3n) is 1.41. The summed E-state index contributed by atoms with van der Waals surface area (Å²) in [5.41, 5.74) is 10.8. The molecule has 54 valence electrons. The van der Waals surface area contributed by atoms with Gasteiger partial charge in [0.1, 0.15) is 0 Å². The molecule has 1 saturated heterocycles. The van der Waals surface area contributed by atoms with E-state index in [-0.39, 0.29) is 12.2 Å². The van der Waals surface area contributed by atoms with E-state index >= 15 is 0 Å². The number of hydrogen-bond acceptors (Lipinski definition) is 4. The van der Waals surface area contributed by atoms with Gasteiger partial charge in [0.15, 0.2) is 0 Å². The van der Waals surface area contributed by atoms with Gasteiger partial charge in [-0.25, -0.2) is 0 Å². The lowest BCUT2D eigenvalue weighted by atomic mass is 10.2. The zero-order valence-electron chi connectivity index (χ0n) is 5.34. The summed E-state index contributed by atoms with van der Waals surface area (Å²) in [6.07, 6.45) is -0.301. The van der Waals surface area contributed by atoms with Gasteiger partial charge in [-0.2, -0.15) is 0 Å². The van der Waals surface area contributed by atoms with E-state index in [2.05, 4.69) is 5.32 Å². The number of ether oxygens (including phenoxy) is 1. The average molecular weight is 131 g/mol. The Balaban J connectivity index is 2.23. The first kappa shape index (κ1) is 6.95. The summed E-state index contributed by atoms with van der Waals surface area (Å²) in [5.74, 6) is 0. The zero-order chi connectivity index (χ0) is 6.69. The van der Waals surface area contributed by atoms with Gasteiger partial charge in [-0.1, -0.05) is 0 Å². The second-order valence-corrected chi connectivity index (χ2v) is 2.21. The van der Waals surface area contributed by atoms with Crippen LogP contribution in [0.25, 0.3) is 0 Å². The maximum Gasteiger partial charge on any atom is 0.0702 e. The highest BCUT2D eigenvalue weighted by molar-refractivity contribution is 4.76. The van der Waals surface area contributed by atoms with Crippen molar-refractivity contribution in [3.05, 3.63) is 0 Å². The second-order valence-electron chi connectivity index (χ2n) is 2.21. The molecule has 1 fully saturated rings. The van der Waals surface area contributed by atoms with Crippen molar-refractivity contribution >= 4 is 0 Å². The van der Waals surface area contributed by atoms with E-state index < -0.39 is 0 Å². The Morgan fingerprint density at radius 3 is 2.67 bits per heavy atom. The first-order valence-electron chi connectivity index (χ1n) is 3.13. The predicted octanol–water partition coefficient (Wildman–Crippen LogP) is -1.78. The lowest BCUT2D eigenvalue weighted by Crippen LogP contribution is -2.56. The molecule has 0 aromatic heterocycles. The summed E-state index contributed by atoms with van der Waals surface area (Å²) in [6, 6.07) is 0.138. The van der Waals surface area contributed by atoms with E-state index in [1.165, 1.54) is 0 Å². The van der Waals surface area contributed by atoms with Gasteiger partial charge in [0.25, 0.3) is 0 Å². The van der Waals surface area contributed by atoms with Crippen LogP contribution in [0.15, 0.2) is 0 Å². The van der Waals surface area contributed by atoms with Gasteiger partial charge in [0, 0.05) is 6.54 Å². The SMILES string of the molecule is NC(N)C1COCCN1. The quantitative estimate of drug-likeness (QED) is 0.368. The van der Waals surface area contributed by atoms with Crippen LogP contribution in [-0.4, -0.2) is 32.0 Å². The number of hydrogen-bond donors (Lipinski definition) is 3. The summed E-state index contributed by atoms with van der Waals surface area (Å²) in [5, 5.41) is 3.14. The highest BCUT2D eigenvalue weighted by Crippen LogP contribution is 1.91. The van der Waals surface area contributed by atoms with Crippen molar-refractivity contribution in [1.29, 1.82) is 0 Å². The third kappa shape index (κ3) is 1.91. The molecule has 5 N–H and O–H groups in total. The van der Waals surface area contributed by atoms with E-state index in [0.29, 0.717) is 6.61 Å². The van der Waals surface area contributed by atoms with Crippen LogP contribution >= 0.6 is 0 Å². The van der Waals surface area contributed by atoms with Gasteiger partial charge >= 0.3 is 0 Å². The minimum atomic E-state index is -0.301. The molecule has 0 saturated carbocycles. The van der Waals surface area contributed by atoms with Crippen LogP contribution in [0.2, 0.25) is 0 Å². The van der Waals surface area contributed by atoms with Gasteiger partial charge in [-0.15, -0.1) is 0 Å². The number of nitrogens with one attached hydrogen (secondary N) is 1. The van der Waals surface area contributed by atoms with E-state index in [0.717, 1.165) is 13.2 Å². The largest absolute Gasteiger partial charge is 0.378 e. The van der Waals surface area contributed by atoms with Crippen LogP contribution in [0, 0.1) is 0 Å². The first-order valence-corrected chi connectivity index (χ1v) is 3.13. The average Bonchev–Trinajstić information content (AvgIpc) is 1.90. The molecular formula is C5H13N3O. The second kappa shape index (κ2) is 3.12. The molecule has 0 aromatic carbocycles. The molecule has 1 atom stereocenters. The van der Waals surface area contributed by atoms with Crippen LogP contribution in [-0.2, 0) is 4.74 Å². The molecule has 1 aliphatic heterocycles. The Kier molecular flexibility index (Phi) is 2.41. The smallest absolute Gasteiger partial charge is 0.0702 e. The van der Waals surface area contributed by atoms with Crippen molar-refractivity contribution in [2.75, 3.05) is 19.8 Å². The molecule has 0 radical (unpaired) electrons. The minimum absolute atomic E-state index is 0.138. The summed E-state index contributed by atoms with van der Waals surface area (Å²) >= 11 is 0. The fourth-order valence-electron chi connectivity index (χ4n) is 0.833. The summed E-state index contributed by atoms with van der Waals surface area (Å²) < 4.78 is 5.12. The zero-order valence-corrected chi connectivity index (χ0v) is 5.34. The van der Waals surface area contributed by atoms with Crippen LogP contribution in [0.1, 0.15) is 0 Å². The van der Waals surface area contributed by atoms with Gasteiger partial charge < -0.3 is 21.5 Å². The van der Waals surface area contributed by atoms with Crippen molar-refractivity contribution in [1.82, 2.24) is 5.32 Å². The molecule has 0 amide bonds. The number of morpholine rings is 1. The van der Waals surface area contributed by atoms with Crippen LogP contribution in [0.5, 0.6) is 0 Å². The topological polar surface area (TPSA) is 73.3 Å². The van der Waals surface area contributed by atoms with Gasteiger partial charge in [-0.3, -0.25) is 0 Å². The summed E-state index contributed by atoms with van der Waals surface area (Å²) in [4.78, 5) is 0. The Morgan fingerprint density at radius 2 is 2.33 bits per heavy atom. The number of nitrogens with two attached hydrogens (primary N) is 2. The predicted molar refractivity (Wildman–Crippen MR) is 34.8 cm³/mol. The minimum Gasteiger partial charge on any atom is -0.378 e. The highest BCUT2D eigenvalue weighted by Gasteiger charge is 2.16. The van der Waals surface area contributed by atoms with Crippen molar-refractivity contribution < 1.29 is 4.74 Å². The fraction of sp³-hybridized carbons (Fsp3) is 1.00. The van der Waals surface area contributed by atoms with E-state index in [1.54, 1.807) is 0 Å². The third-order valence-corrected chi connectivity index (χ3v) is 1.41. The lowest BCUT2D eigenvalue weighted by molar-refractivity contribution is 0.0692. The van der Waals surface area contributed by atoms with Crippen LogP contribution < -0.4 is 16.8 Å². The van der Waals surface area contributed by atoms with Gasteiger partial charge in [0.05, 0.1) is 25.4 Å². The molecule has 1 unspecified atom stereocenters. The maximum atomic E-state index is 5.40. The summed E-state index contributed by atoms with van der Waals surface area (Å²) in [6.45, 7) is 2.26. The highest BCUT2D eigenvalue weighted by atomic mass is 16.5. The van der Waals surface area contributed by atoms with Crippen LogP contribution in [0.4, 0.5) is 0 Å². The summed E-state index contributed by atoms with van der Waals surface area (Å²) in [7, 11) is 0. The Bertz CT molecular complexity index is 80.3. The standard InChI is InChI=1S/C5H13N3O/c6-5(7)4-3-9-2-1-8-4/h4-5,8H,1-3,6-7H2. The molecule has 1 aliphatic rings.